The first-order chi connectivity index (χ1) is 17.8. The SMILES string of the molecule is O=C(CC1SC(=Nc2ccc(F)cc2)N(CCCn2ccc(=O)[nH]c2=O)C1=O)NCc1ccccc1Br. The lowest BCUT2D eigenvalue weighted by Gasteiger charge is -2.17. The second-order valence-corrected chi connectivity index (χ2v) is 10.2. The molecule has 4 rings (SSSR count). The van der Waals surface area contributed by atoms with Gasteiger partial charge in [0.15, 0.2) is 5.17 Å². The fraction of sp³-hybridized carbons (Fsp3) is 0.240. The molecule has 1 aliphatic heterocycles. The number of carbonyl (C=O) groups excluding carboxylic acids is 2. The quantitative estimate of drug-likeness (QED) is 0.399. The van der Waals surface area contributed by atoms with Gasteiger partial charge in [-0.1, -0.05) is 45.9 Å². The largest absolute Gasteiger partial charge is 0.352 e. The molecule has 1 fully saturated rings. The minimum Gasteiger partial charge on any atom is -0.352 e. The van der Waals surface area contributed by atoms with Gasteiger partial charge < -0.3 is 9.88 Å². The number of rotatable bonds is 9. The van der Waals surface area contributed by atoms with Gasteiger partial charge in [0.25, 0.3) is 5.56 Å². The average molecular weight is 588 g/mol. The van der Waals surface area contributed by atoms with Crippen LogP contribution >= 0.6 is 27.7 Å². The highest BCUT2D eigenvalue weighted by Crippen LogP contribution is 2.32. The third kappa shape index (κ3) is 7.04. The Labute approximate surface area is 223 Å². The number of benzene rings is 2. The van der Waals surface area contributed by atoms with Gasteiger partial charge >= 0.3 is 5.69 Å². The normalized spacial score (nSPS) is 16.4. The van der Waals surface area contributed by atoms with E-state index >= 15 is 0 Å². The molecule has 0 aliphatic carbocycles. The molecule has 2 heterocycles. The summed E-state index contributed by atoms with van der Waals surface area (Å²) < 4.78 is 15.6. The Morgan fingerprint density at radius 2 is 1.84 bits per heavy atom. The highest BCUT2D eigenvalue weighted by Gasteiger charge is 2.38. The molecule has 2 amide bonds. The molecule has 1 aliphatic rings. The number of halogens is 2. The number of carbonyl (C=O) groups is 2. The van der Waals surface area contributed by atoms with Crippen LogP contribution in [-0.4, -0.2) is 43.2 Å². The number of amides is 2. The van der Waals surface area contributed by atoms with E-state index in [1.54, 1.807) is 0 Å². The van der Waals surface area contributed by atoms with Crippen LogP contribution in [0.5, 0.6) is 0 Å². The van der Waals surface area contributed by atoms with Gasteiger partial charge in [0.05, 0.1) is 5.69 Å². The number of aromatic nitrogens is 2. The second kappa shape index (κ2) is 12.2. The molecule has 1 unspecified atom stereocenters. The van der Waals surface area contributed by atoms with Crippen LogP contribution in [0.1, 0.15) is 18.4 Å². The van der Waals surface area contributed by atoms with E-state index in [0.29, 0.717) is 23.8 Å². The summed E-state index contributed by atoms with van der Waals surface area (Å²) in [5.41, 5.74) is 0.368. The van der Waals surface area contributed by atoms with Crippen molar-refractivity contribution in [1.29, 1.82) is 0 Å². The van der Waals surface area contributed by atoms with E-state index in [0.717, 1.165) is 10.0 Å². The molecule has 0 spiro atoms. The van der Waals surface area contributed by atoms with Crippen molar-refractivity contribution < 1.29 is 14.0 Å². The molecule has 37 heavy (non-hydrogen) atoms. The standard InChI is InChI=1S/C25H23BrFN5O4S/c26-19-5-2-1-4-16(19)15-28-22(34)14-20-23(35)32(12-3-11-31-13-10-21(33)30-24(31)36)25(37-20)29-18-8-6-17(27)7-9-18/h1-2,4-10,13,20H,3,11-12,14-15H2,(H,28,34)(H,30,33,36). The zero-order chi connectivity index (χ0) is 26.4. The lowest BCUT2D eigenvalue weighted by atomic mass is 10.2. The highest BCUT2D eigenvalue weighted by molar-refractivity contribution is 9.10. The maximum Gasteiger partial charge on any atom is 0.328 e. The molecule has 0 bridgehead atoms. The third-order valence-electron chi connectivity index (χ3n) is 5.55. The topological polar surface area (TPSA) is 117 Å². The molecule has 12 heteroatoms. The molecule has 9 nitrogen and oxygen atoms in total. The monoisotopic (exact) mass is 587 g/mol. The molecule has 0 radical (unpaired) electrons. The van der Waals surface area contributed by atoms with Gasteiger partial charge in [-0.05, 0) is 42.3 Å². The molecule has 1 saturated heterocycles. The predicted octanol–water partition coefficient (Wildman–Crippen LogP) is 3.17. The molecular formula is C25H23BrFN5O4S. The molecule has 2 aromatic carbocycles. The number of H-pyrrole nitrogens is 1. The summed E-state index contributed by atoms with van der Waals surface area (Å²) in [6.45, 7) is 0.831. The molecule has 0 saturated carbocycles. The van der Waals surface area contributed by atoms with Gasteiger partial charge in [-0.2, -0.15) is 0 Å². The van der Waals surface area contributed by atoms with Gasteiger partial charge in [-0.25, -0.2) is 14.2 Å². The minimum absolute atomic E-state index is 0.0354. The van der Waals surface area contributed by atoms with Crippen LogP contribution in [0.25, 0.3) is 0 Å². The number of nitrogens with one attached hydrogen (secondary N) is 2. The number of hydrogen-bond acceptors (Lipinski definition) is 6. The van der Waals surface area contributed by atoms with Crippen LogP contribution in [-0.2, 0) is 22.7 Å². The molecule has 3 aromatic rings. The Bertz CT molecular complexity index is 1440. The van der Waals surface area contributed by atoms with E-state index in [2.05, 4.69) is 31.2 Å². The third-order valence-corrected chi connectivity index (χ3v) is 7.50. The van der Waals surface area contributed by atoms with E-state index < -0.39 is 22.3 Å². The fourth-order valence-electron chi connectivity index (χ4n) is 3.65. The lowest BCUT2D eigenvalue weighted by Crippen LogP contribution is -2.36. The first kappa shape index (κ1) is 26.6. The van der Waals surface area contributed by atoms with Crippen molar-refractivity contribution in [3.8, 4) is 0 Å². The van der Waals surface area contributed by atoms with Crippen LogP contribution in [0, 0.1) is 5.82 Å². The van der Waals surface area contributed by atoms with Crippen LogP contribution < -0.4 is 16.6 Å². The van der Waals surface area contributed by atoms with E-state index in [1.807, 2.05) is 24.3 Å². The Morgan fingerprint density at radius 1 is 1.08 bits per heavy atom. The molecular weight excluding hydrogens is 565 g/mol. The summed E-state index contributed by atoms with van der Waals surface area (Å²) in [5.74, 6) is -0.943. The van der Waals surface area contributed by atoms with E-state index in [-0.39, 0.29) is 31.3 Å². The van der Waals surface area contributed by atoms with Crippen molar-refractivity contribution in [1.82, 2.24) is 19.8 Å². The Balaban J connectivity index is 1.45. The Kier molecular flexibility index (Phi) is 8.72. The average Bonchev–Trinajstić information content (AvgIpc) is 3.15. The minimum atomic E-state index is -0.672. The van der Waals surface area contributed by atoms with E-state index in [1.165, 1.54) is 57.8 Å². The second-order valence-electron chi connectivity index (χ2n) is 8.20. The summed E-state index contributed by atoms with van der Waals surface area (Å²) >= 11 is 4.63. The van der Waals surface area contributed by atoms with Crippen molar-refractivity contribution in [2.75, 3.05) is 6.54 Å². The van der Waals surface area contributed by atoms with Gasteiger partial charge in [-0.15, -0.1) is 0 Å². The smallest absolute Gasteiger partial charge is 0.328 e. The Hall–Kier alpha value is -3.51. The molecule has 1 atom stereocenters. The van der Waals surface area contributed by atoms with Crippen LogP contribution in [0.2, 0.25) is 0 Å². The van der Waals surface area contributed by atoms with E-state index in [9.17, 15) is 23.6 Å². The first-order valence-corrected chi connectivity index (χ1v) is 13.1. The zero-order valence-corrected chi connectivity index (χ0v) is 21.9. The first-order valence-electron chi connectivity index (χ1n) is 11.4. The number of nitrogens with zero attached hydrogens (tertiary/aromatic N) is 3. The van der Waals surface area contributed by atoms with Gasteiger partial charge in [0, 0.05) is 42.8 Å². The maximum atomic E-state index is 13.3. The number of amidine groups is 1. The lowest BCUT2D eigenvalue weighted by molar-refractivity contribution is -0.129. The Morgan fingerprint density at radius 3 is 2.57 bits per heavy atom. The summed E-state index contributed by atoms with van der Waals surface area (Å²) in [6, 6.07) is 14.3. The van der Waals surface area contributed by atoms with Gasteiger partial charge in [0.1, 0.15) is 11.1 Å². The number of aromatic amines is 1. The number of hydrogen-bond donors (Lipinski definition) is 2. The summed E-state index contributed by atoms with van der Waals surface area (Å²) in [6.07, 6.45) is 1.77. The maximum absolute atomic E-state index is 13.3. The zero-order valence-electron chi connectivity index (χ0n) is 19.5. The van der Waals surface area contributed by atoms with Gasteiger partial charge in [0.2, 0.25) is 11.8 Å². The fourth-order valence-corrected chi connectivity index (χ4v) is 5.26. The number of aryl methyl sites for hydroxylation is 1. The van der Waals surface area contributed by atoms with Crippen LogP contribution in [0.3, 0.4) is 0 Å². The van der Waals surface area contributed by atoms with Crippen molar-refractivity contribution in [2.24, 2.45) is 4.99 Å². The highest BCUT2D eigenvalue weighted by atomic mass is 79.9. The van der Waals surface area contributed by atoms with Crippen molar-refractivity contribution >= 4 is 50.4 Å². The van der Waals surface area contributed by atoms with Crippen LogP contribution in [0.4, 0.5) is 10.1 Å². The number of aliphatic imine (C=N–C) groups is 1. The molecule has 192 valence electrons. The van der Waals surface area contributed by atoms with Crippen molar-refractivity contribution in [3.05, 3.63) is 97.5 Å². The van der Waals surface area contributed by atoms with E-state index in [4.69, 9.17) is 0 Å². The summed E-state index contributed by atoms with van der Waals surface area (Å²) in [5, 5.41) is 2.57. The van der Waals surface area contributed by atoms with Crippen molar-refractivity contribution in [2.45, 2.75) is 31.2 Å². The van der Waals surface area contributed by atoms with Gasteiger partial charge in [-0.3, -0.25) is 24.3 Å². The molecule has 2 N–H and O–H groups in total. The number of thioether (sulfide) groups is 1. The van der Waals surface area contributed by atoms with Crippen LogP contribution in [0.15, 0.2) is 79.8 Å². The molecule has 1 aromatic heterocycles. The summed E-state index contributed by atoms with van der Waals surface area (Å²) in [7, 11) is 0. The predicted molar refractivity (Wildman–Crippen MR) is 143 cm³/mol. The summed E-state index contributed by atoms with van der Waals surface area (Å²) in [4.78, 5) is 57.3. The van der Waals surface area contributed by atoms with Crippen molar-refractivity contribution in [3.63, 3.8) is 0 Å².